The van der Waals surface area contributed by atoms with E-state index >= 15 is 0 Å². The maximum absolute atomic E-state index is 5.53. The fourth-order valence-electron chi connectivity index (χ4n) is 1.75. The molecule has 4 heteroatoms. The molecule has 0 heterocycles. The van der Waals surface area contributed by atoms with Gasteiger partial charge in [0.25, 0.3) is 0 Å². The van der Waals surface area contributed by atoms with Gasteiger partial charge in [0, 0.05) is 13.2 Å². The van der Waals surface area contributed by atoms with E-state index in [9.17, 15) is 0 Å². The first-order valence-corrected chi connectivity index (χ1v) is 5.90. The largest absolute Gasteiger partial charge is 0.495 e. The van der Waals surface area contributed by atoms with Crippen LogP contribution in [0.3, 0.4) is 0 Å². The maximum atomic E-state index is 5.53. The fraction of sp³-hybridized carbons (Fsp3) is 0.538. The minimum Gasteiger partial charge on any atom is -0.495 e. The molecule has 1 aromatic carbocycles. The highest BCUT2D eigenvalue weighted by Crippen LogP contribution is 2.24. The lowest BCUT2D eigenvalue weighted by Gasteiger charge is -2.20. The molecule has 4 nitrogen and oxygen atoms in total. The molecule has 0 amide bonds. The number of methoxy groups -OCH3 is 2. The molecule has 0 aliphatic carbocycles. The van der Waals surface area contributed by atoms with Crippen molar-refractivity contribution in [3.05, 3.63) is 24.3 Å². The Morgan fingerprint density at radius 1 is 1.29 bits per heavy atom. The molecule has 96 valence electrons. The number of hydrogen-bond donors (Lipinski definition) is 2. The van der Waals surface area contributed by atoms with Crippen LogP contribution >= 0.6 is 0 Å². The van der Waals surface area contributed by atoms with Gasteiger partial charge in [-0.2, -0.15) is 0 Å². The Balaban J connectivity index is 2.63. The Morgan fingerprint density at radius 2 is 2.06 bits per heavy atom. The number of para-hydroxylation sites is 2. The van der Waals surface area contributed by atoms with Crippen molar-refractivity contribution in [2.75, 3.05) is 32.7 Å². The summed E-state index contributed by atoms with van der Waals surface area (Å²) in [6, 6.07) is 8.14. The van der Waals surface area contributed by atoms with E-state index in [1.165, 1.54) is 0 Å². The molecular weight excluding hydrogens is 216 g/mol. The van der Waals surface area contributed by atoms with Crippen molar-refractivity contribution in [3.63, 3.8) is 0 Å². The summed E-state index contributed by atoms with van der Waals surface area (Å²) in [5.74, 6) is 0.848. The Morgan fingerprint density at radius 3 is 2.71 bits per heavy atom. The lowest BCUT2D eigenvalue weighted by atomic mass is 10.1. The summed E-state index contributed by atoms with van der Waals surface area (Å²) in [6.07, 6.45) is 1.97. The molecule has 1 unspecified atom stereocenters. The SMILES string of the molecule is COCC(CCCN)Nc1ccccc1OC. The lowest BCUT2D eigenvalue weighted by molar-refractivity contribution is 0.182. The number of rotatable bonds is 8. The second-order valence-corrected chi connectivity index (χ2v) is 3.93. The maximum Gasteiger partial charge on any atom is 0.141 e. The van der Waals surface area contributed by atoms with E-state index in [1.54, 1.807) is 14.2 Å². The van der Waals surface area contributed by atoms with Gasteiger partial charge in [0.15, 0.2) is 0 Å². The summed E-state index contributed by atoms with van der Waals surface area (Å²) in [6.45, 7) is 1.37. The first-order chi connectivity index (χ1) is 8.31. The average Bonchev–Trinajstić information content (AvgIpc) is 2.37. The topological polar surface area (TPSA) is 56.5 Å². The molecule has 0 saturated carbocycles. The van der Waals surface area contributed by atoms with Gasteiger partial charge in [-0.15, -0.1) is 0 Å². The second-order valence-electron chi connectivity index (χ2n) is 3.93. The minimum atomic E-state index is 0.264. The zero-order valence-electron chi connectivity index (χ0n) is 10.6. The molecule has 17 heavy (non-hydrogen) atoms. The highest BCUT2D eigenvalue weighted by molar-refractivity contribution is 5.56. The van der Waals surface area contributed by atoms with Crippen molar-refractivity contribution < 1.29 is 9.47 Å². The van der Waals surface area contributed by atoms with E-state index in [0.29, 0.717) is 13.2 Å². The molecule has 1 rings (SSSR count). The number of benzene rings is 1. The molecule has 0 bridgehead atoms. The molecule has 1 aromatic rings. The lowest BCUT2D eigenvalue weighted by Crippen LogP contribution is -2.26. The standard InChI is InChI=1S/C13H22N2O2/c1-16-10-11(6-5-9-14)15-12-7-3-4-8-13(12)17-2/h3-4,7-8,11,15H,5-6,9-10,14H2,1-2H3. The average molecular weight is 238 g/mol. The van der Waals surface area contributed by atoms with Crippen molar-refractivity contribution in [3.8, 4) is 5.75 Å². The summed E-state index contributed by atoms with van der Waals surface area (Å²) in [7, 11) is 3.38. The fourth-order valence-corrected chi connectivity index (χ4v) is 1.75. The van der Waals surface area contributed by atoms with Crippen LogP contribution in [0.1, 0.15) is 12.8 Å². The van der Waals surface area contributed by atoms with Crippen LogP contribution in [-0.4, -0.2) is 33.4 Å². The van der Waals surface area contributed by atoms with E-state index in [0.717, 1.165) is 24.3 Å². The van der Waals surface area contributed by atoms with Crippen LogP contribution in [-0.2, 0) is 4.74 Å². The van der Waals surface area contributed by atoms with Gasteiger partial charge in [-0.1, -0.05) is 12.1 Å². The summed E-state index contributed by atoms with van der Waals surface area (Å²) >= 11 is 0. The molecule has 0 radical (unpaired) electrons. The van der Waals surface area contributed by atoms with Crippen LogP contribution in [0.15, 0.2) is 24.3 Å². The summed E-state index contributed by atoms with van der Waals surface area (Å²) in [5.41, 5.74) is 6.52. The van der Waals surface area contributed by atoms with Gasteiger partial charge < -0.3 is 20.5 Å². The van der Waals surface area contributed by atoms with E-state index in [4.69, 9.17) is 15.2 Å². The monoisotopic (exact) mass is 238 g/mol. The highest BCUT2D eigenvalue weighted by Gasteiger charge is 2.10. The van der Waals surface area contributed by atoms with Gasteiger partial charge in [-0.3, -0.25) is 0 Å². The summed E-state index contributed by atoms with van der Waals surface area (Å²) in [4.78, 5) is 0. The Labute approximate surface area is 103 Å². The molecule has 0 aliphatic rings. The zero-order chi connectivity index (χ0) is 12.5. The highest BCUT2D eigenvalue weighted by atomic mass is 16.5. The van der Waals surface area contributed by atoms with Crippen molar-refractivity contribution >= 4 is 5.69 Å². The zero-order valence-corrected chi connectivity index (χ0v) is 10.6. The number of nitrogens with two attached hydrogens (primary N) is 1. The first kappa shape index (κ1) is 13.8. The summed E-state index contributed by atoms with van der Waals surface area (Å²) in [5, 5.41) is 3.43. The van der Waals surface area contributed by atoms with E-state index in [-0.39, 0.29) is 6.04 Å². The van der Waals surface area contributed by atoms with Crippen LogP contribution in [0, 0.1) is 0 Å². The molecule has 0 saturated heterocycles. The Hall–Kier alpha value is -1.26. The molecule has 0 aromatic heterocycles. The smallest absolute Gasteiger partial charge is 0.141 e. The number of nitrogens with one attached hydrogen (secondary N) is 1. The third-order valence-electron chi connectivity index (χ3n) is 2.59. The van der Waals surface area contributed by atoms with Gasteiger partial charge in [-0.05, 0) is 31.5 Å². The number of ether oxygens (including phenoxy) is 2. The van der Waals surface area contributed by atoms with E-state index in [1.807, 2.05) is 24.3 Å². The van der Waals surface area contributed by atoms with Crippen molar-refractivity contribution in [1.29, 1.82) is 0 Å². The van der Waals surface area contributed by atoms with Crippen molar-refractivity contribution in [2.45, 2.75) is 18.9 Å². The number of hydrogen-bond acceptors (Lipinski definition) is 4. The molecular formula is C13H22N2O2. The molecule has 3 N–H and O–H groups in total. The number of anilines is 1. The quantitative estimate of drug-likeness (QED) is 0.726. The van der Waals surface area contributed by atoms with Gasteiger partial charge in [0.1, 0.15) is 5.75 Å². The molecule has 0 fully saturated rings. The predicted molar refractivity (Wildman–Crippen MR) is 70.6 cm³/mol. The Kier molecular flexibility index (Phi) is 6.43. The van der Waals surface area contributed by atoms with E-state index < -0.39 is 0 Å². The van der Waals surface area contributed by atoms with Crippen LogP contribution < -0.4 is 15.8 Å². The normalized spacial score (nSPS) is 12.2. The first-order valence-electron chi connectivity index (χ1n) is 5.90. The Bertz CT molecular complexity index is 318. The van der Waals surface area contributed by atoms with Crippen LogP contribution in [0.5, 0.6) is 5.75 Å². The van der Waals surface area contributed by atoms with Crippen LogP contribution in [0.2, 0.25) is 0 Å². The van der Waals surface area contributed by atoms with Gasteiger partial charge in [0.05, 0.1) is 19.4 Å². The summed E-state index contributed by atoms with van der Waals surface area (Å²) < 4.78 is 10.5. The predicted octanol–water partition coefficient (Wildman–Crippen LogP) is 1.86. The molecule has 0 aliphatic heterocycles. The van der Waals surface area contributed by atoms with Crippen molar-refractivity contribution in [1.82, 2.24) is 0 Å². The van der Waals surface area contributed by atoms with E-state index in [2.05, 4.69) is 5.32 Å². The van der Waals surface area contributed by atoms with Crippen LogP contribution in [0.4, 0.5) is 5.69 Å². The molecule has 0 spiro atoms. The second kappa shape index (κ2) is 7.92. The van der Waals surface area contributed by atoms with Crippen LogP contribution in [0.25, 0.3) is 0 Å². The van der Waals surface area contributed by atoms with Crippen molar-refractivity contribution in [2.24, 2.45) is 5.73 Å². The molecule has 1 atom stereocenters. The minimum absolute atomic E-state index is 0.264. The van der Waals surface area contributed by atoms with Gasteiger partial charge in [0.2, 0.25) is 0 Å². The van der Waals surface area contributed by atoms with Gasteiger partial charge >= 0.3 is 0 Å². The van der Waals surface area contributed by atoms with Gasteiger partial charge in [-0.25, -0.2) is 0 Å². The third-order valence-corrected chi connectivity index (χ3v) is 2.59. The third kappa shape index (κ3) is 4.63.